The molecule has 0 radical (unpaired) electrons. The van der Waals surface area contributed by atoms with Crippen LogP contribution < -0.4 is 5.32 Å². The summed E-state index contributed by atoms with van der Waals surface area (Å²) in [5, 5.41) is 16.1. The van der Waals surface area contributed by atoms with Crippen molar-refractivity contribution >= 4 is 11.7 Å². The fourth-order valence-corrected chi connectivity index (χ4v) is 2.92. The number of pyridine rings is 1. The maximum Gasteiger partial charge on any atom is 0.243 e. The SMILES string of the molecule is CO[C@H]1C[C@@H](C(=O)Nc2nn(-c3ccc(C#N)cn3)cc2C)N(C)C1. The van der Waals surface area contributed by atoms with Crippen molar-refractivity contribution in [3.63, 3.8) is 0 Å². The van der Waals surface area contributed by atoms with Gasteiger partial charge in [-0.05, 0) is 32.5 Å². The molecule has 2 aromatic rings. The van der Waals surface area contributed by atoms with Crippen molar-refractivity contribution in [3.05, 3.63) is 35.7 Å². The van der Waals surface area contributed by atoms with Crippen LogP contribution in [0, 0.1) is 18.3 Å². The first-order valence-electron chi connectivity index (χ1n) is 7.98. The summed E-state index contributed by atoms with van der Waals surface area (Å²) >= 11 is 0. The minimum absolute atomic E-state index is 0.0715. The van der Waals surface area contributed by atoms with Crippen LogP contribution in [-0.2, 0) is 9.53 Å². The Kier molecular flexibility index (Phi) is 4.79. The molecule has 8 heteroatoms. The van der Waals surface area contributed by atoms with Gasteiger partial charge >= 0.3 is 0 Å². The predicted octanol–water partition coefficient (Wildman–Crippen LogP) is 1.10. The highest BCUT2D eigenvalue weighted by molar-refractivity contribution is 5.94. The number of rotatable bonds is 4. The van der Waals surface area contributed by atoms with Crippen molar-refractivity contribution in [1.82, 2.24) is 19.7 Å². The molecule has 2 aromatic heterocycles. The number of aryl methyl sites for hydroxylation is 1. The van der Waals surface area contributed by atoms with Crippen LogP contribution in [0.2, 0.25) is 0 Å². The smallest absolute Gasteiger partial charge is 0.243 e. The van der Waals surface area contributed by atoms with Crippen molar-refractivity contribution in [2.75, 3.05) is 26.0 Å². The standard InChI is InChI=1S/C17H20N6O2/c1-11-9-23(15-5-4-12(7-18)8-19-15)21-16(11)20-17(24)14-6-13(25-3)10-22(14)2/h4-5,8-9,13-14H,6,10H2,1-3H3,(H,20,21,24)/t13-,14-/m0/s1. The molecule has 1 fully saturated rings. The zero-order valence-electron chi connectivity index (χ0n) is 14.4. The van der Waals surface area contributed by atoms with Crippen LogP contribution in [0.1, 0.15) is 17.5 Å². The largest absolute Gasteiger partial charge is 0.380 e. The molecular formula is C17H20N6O2. The van der Waals surface area contributed by atoms with Gasteiger partial charge in [0.2, 0.25) is 5.91 Å². The molecule has 1 N–H and O–H groups in total. The Labute approximate surface area is 146 Å². The first-order valence-corrected chi connectivity index (χ1v) is 7.98. The lowest BCUT2D eigenvalue weighted by Gasteiger charge is -2.17. The normalized spacial score (nSPS) is 20.4. The number of nitrogens with one attached hydrogen (secondary N) is 1. The Hall–Kier alpha value is -2.76. The Balaban J connectivity index is 1.74. The maximum absolute atomic E-state index is 12.6. The average Bonchev–Trinajstić information content (AvgIpc) is 3.18. The lowest BCUT2D eigenvalue weighted by atomic mass is 10.2. The van der Waals surface area contributed by atoms with Crippen LogP contribution in [0.3, 0.4) is 0 Å². The summed E-state index contributed by atoms with van der Waals surface area (Å²) in [6, 6.07) is 5.18. The van der Waals surface area contributed by atoms with Crippen LogP contribution in [-0.4, -0.2) is 58.4 Å². The van der Waals surface area contributed by atoms with Crippen LogP contribution in [0.4, 0.5) is 5.82 Å². The molecule has 0 bridgehead atoms. The third-order valence-electron chi connectivity index (χ3n) is 4.40. The van der Waals surface area contributed by atoms with E-state index in [4.69, 9.17) is 10.00 Å². The number of methoxy groups -OCH3 is 1. The number of amides is 1. The summed E-state index contributed by atoms with van der Waals surface area (Å²) < 4.78 is 6.93. The summed E-state index contributed by atoms with van der Waals surface area (Å²) in [7, 11) is 3.57. The zero-order valence-corrected chi connectivity index (χ0v) is 14.4. The first-order chi connectivity index (χ1) is 12.0. The third-order valence-corrected chi connectivity index (χ3v) is 4.40. The number of aromatic nitrogens is 3. The van der Waals surface area contributed by atoms with Crippen LogP contribution in [0.15, 0.2) is 24.5 Å². The predicted molar refractivity (Wildman–Crippen MR) is 91.3 cm³/mol. The molecule has 130 valence electrons. The number of likely N-dealkylation sites (tertiary alicyclic amines) is 1. The van der Waals surface area contributed by atoms with Gasteiger partial charge in [0.1, 0.15) is 6.07 Å². The highest BCUT2D eigenvalue weighted by Crippen LogP contribution is 2.21. The highest BCUT2D eigenvalue weighted by atomic mass is 16.5. The molecule has 3 rings (SSSR count). The quantitative estimate of drug-likeness (QED) is 0.895. The number of hydrogen-bond acceptors (Lipinski definition) is 6. The maximum atomic E-state index is 12.6. The van der Waals surface area contributed by atoms with E-state index in [0.717, 1.165) is 12.1 Å². The van der Waals surface area contributed by atoms with Crippen LogP contribution >= 0.6 is 0 Å². The summed E-state index contributed by atoms with van der Waals surface area (Å²) in [6.07, 6.45) is 4.02. The topological polar surface area (TPSA) is 96.1 Å². The molecule has 2 atom stereocenters. The van der Waals surface area contributed by atoms with E-state index in [9.17, 15) is 4.79 Å². The van der Waals surface area contributed by atoms with Gasteiger partial charge in [-0.15, -0.1) is 5.10 Å². The fraction of sp³-hybridized carbons (Fsp3) is 0.412. The summed E-state index contributed by atoms with van der Waals surface area (Å²) in [4.78, 5) is 18.7. The Morgan fingerprint density at radius 3 is 2.88 bits per heavy atom. The van der Waals surface area contributed by atoms with Gasteiger partial charge in [0.15, 0.2) is 11.6 Å². The lowest BCUT2D eigenvalue weighted by Crippen LogP contribution is -2.37. The number of likely N-dealkylation sites (N-methyl/N-ethyl adjacent to an activating group) is 1. The van der Waals surface area contributed by atoms with Gasteiger partial charge < -0.3 is 10.1 Å². The minimum Gasteiger partial charge on any atom is -0.380 e. The monoisotopic (exact) mass is 340 g/mol. The molecule has 1 aliphatic heterocycles. The third kappa shape index (κ3) is 3.52. The van der Waals surface area contributed by atoms with Crippen molar-refractivity contribution in [2.45, 2.75) is 25.5 Å². The van der Waals surface area contributed by atoms with E-state index in [2.05, 4.69) is 15.4 Å². The van der Waals surface area contributed by atoms with E-state index >= 15 is 0 Å². The Morgan fingerprint density at radius 1 is 1.48 bits per heavy atom. The molecule has 1 saturated heterocycles. The summed E-state index contributed by atoms with van der Waals surface area (Å²) in [6.45, 7) is 2.61. The molecule has 1 aliphatic rings. The van der Waals surface area contributed by atoms with Gasteiger partial charge in [-0.3, -0.25) is 9.69 Å². The van der Waals surface area contributed by atoms with Gasteiger partial charge in [-0.25, -0.2) is 9.67 Å². The van der Waals surface area contributed by atoms with E-state index in [1.165, 1.54) is 6.20 Å². The zero-order chi connectivity index (χ0) is 18.0. The van der Waals surface area contributed by atoms with E-state index in [-0.39, 0.29) is 18.1 Å². The lowest BCUT2D eigenvalue weighted by molar-refractivity contribution is -0.120. The number of carbonyl (C=O) groups excluding carboxylic acids is 1. The molecule has 0 unspecified atom stereocenters. The molecule has 0 spiro atoms. The molecule has 0 aromatic carbocycles. The van der Waals surface area contributed by atoms with E-state index in [0.29, 0.717) is 23.6 Å². The minimum atomic E-state index is -0.234. The molecule has 3 heterocycles. The first kappa shape index (κ1) is 17.1. The number of anilines is 1. The van der Waals surface area contributed by atoms with Crippen molar-refractivity contribution in [1.29, 1.82) is 5.26 Å². The molecule has 0 saturated carbocycles. The van der Waals surface area contributed by atoms with Gasteiger partial charge in [-0.1, -0.05) is 0 Å². The molecule has 8 nitrogen and oxygen atoms in total. The average molecular weight is 340 g/mol. The van der Waals surface area contributed by atoms with E-state index in [1.807, 2.05) is 24.9 Å². The number of nitriles is 1. The number of ether oxygens (including phenoxy) is 1. The van der Waals surface area contributed by atoms with Gasteiger partial charge in [0.05, 0.1) is 17.7 Å². The number of nitrogens with zero attached hydrogens (tertiary/aromatic N) is 5. The second-order valence-electron chi connectivity index (χ2n) is 6.16. The van der Waals surface area contributed by atoms with Crippen molar-refractivity contribution in [2.24, 2.45) is 0 Å². The van der Waals surface area contributed by atoms with Crippen LogP contribution in [0.25, 0.3) is 5.82 Å². The molecule has 0 aliphatic carbocycles. The van der Waals surface area contributed by atoms with E-state index in [1.54, 1.807) is 30.1 Å². The Bertz CT molecular complexity index is 808. The fourth-order valence-electron chi connectivity index (χ4n) is 2.92. The second kappa shape index (κ2) is 7.01. The number of carbonyl (C=O) groups is 1. The van der Waals surface area contributed by atoms with Gasteiger partial charge in [-0.2, -0.15) is 5.26 Å². The van der Waals surface area contributed by atoms with Gasteiger partial charge in [0, 0.05) is 31.6 Å². The molecule has 1 amide bonds. The molecular weight excluding hydrogens is 320 g/mol. The van der Waals surface area contributed by atoms with Gasteiger partial charge in [0.25, 0.3) is 0 Å². The Morgan fingerprint density at radius 2 is 2.28 bits per heavy atom. The highest BCUT2D eigenvalue weighted by Gasteiger charge is 2.34. The second-order valence-corrected chi connectivity index (χ2v) is 6.16. The number of hydrogen-bond donors (Lipinski definition) is 1. The van der Waals surface area contributed by atoms with Crippen LogP contribution in [0.5, 0.6) is 0 Å². The van der Waals surface area contributed by atoms with Crippen molar-refractivity contribution < 1.29 is 9.53 Å². The molecule has 25 heavy (non-hydrogen) atoms. The summed E-state index contributed by atoms with van der Waals surface area (Å²) in [5.41, 5.74) is 1.32. The van der Waals surface area contributed by atoms with E-state index < -0.39 is 0 Å². The van der Waals surface area contributed by atoms with Crippen molar-refractivity contribution in [3.8, 4) is 11.9 Å². The summed E-state index contributed by atoms with van der Waals surface area (Å²) in [5.74, 6) is 0.994.